The number of likely N-dealkylation sites (tertiary alicyclic amines) is 1. The third-order valence-electron chi connectivity index (χ3n) is 3.72. The molecule has 0 unspecified atom stereocenters. The first-order valence-corrected chi connectivity index (χ1v) is 6.87. The number of nitrogens with zero attached hydrogens (tertiary/aromatic N) is 1. The molecule has 1 saturated heterocycles. The standard InChI is InChI=1S/C14H28N2O3/c1-7-18-12(15)19-11-8-13(2,3)16(10-17-6)14(4,5)9-11/h11,15H,7-10H2,1-6H3. The number of hydrogen-bond acceptors (Lipinski definition) is 5. The molecule has 0 atom stereocenters. The number of hydrogen-bond donors (Lipinski definition) is 1. The van der Waals surface area contributed by atoms with E-state index in [0.717, 1.165) is 12.8 Å². The Kier molecular flexibility index (Phi) is 5.21. The first-order valence-electron chi connectivity index (χ1n) is 6.87. The summed E-state index contributed by atoms with van der Waals surface area (Å²) >= 11 is 0. The summed E-state index contributed by atoms with van der Waals surface area (Å²) in [5.74, 6) is 0. The molecule has 19 heavy (non-hydrogen) atoms. The van der Waals surface area contributed by atoms with Gasteiger partial charge in [0, 0.05) is 31.0 Å². The average molecular weight is 272 g/mol. The molecule has 0 radical (unpaired) electrons. The van der Waals surface area contributed by atoms with Crippen molar-refractivity contribution in [3.05, 3.63) is 0 Å². The van der Waals surface area contributed by atoms with Gasteiger partial charge in [-0.1, -0.05) is 0 Å². The number of nitrogens with one attached hydrogen (secondary N) is 1. The Morgan fingerprint density at radius 3 is 2.16 bits per heavy atom. The zero-order valence-electron chi connectivity index (χ0n) is 13.1. The van der Waals surface area contributed by atoms with Gasteiger partial charge in [0.2, 0.25) is 0 Å². The molecule has 0 saturated carbocycles. The predicted molar refractivity (Wildman–Crippen MR) is 75.3 cm³/mol. The number of methoxy groups -OCH3 is 1. The van der Waals surface area contributed by atoms with Gasteiger partial charge in [0.05, 0.1) is 13.3 Å². The average Bonchev–Trinajstić information content (AvgIpc) is 2.22. The molecule has 1 rings (SSSR count). The Labute approximate surface area is 116 Å². The lowest BCUT2D eigenvalue weighted by atomic mass is 9.78. The van der Waals surface area contributed by atoms with Crippen molar-refractivity contribution in [3.8, 4) is 0 Å². The number of ether oxygens (including phenoxy) is 3. The van der Waals surface area contributed by atoms with Crippen molar-refractivity contribution < 1.29 is 14.2 Å². The van der Waals surface area contributed by atoms with E-state index in [9.17, 15) is 0 Å². The van der Waals surface area contributed by atoms with Crippen molar-refractivity contribution in [3.63, 3.8) is 0 Å². The predicted octanol–water partition coefficient (Wildman–Crippen LogP) is 2.60. The van der Waals surface area contributed by atoms with Crippen LogP contribution in [0.1, 0.15) is 47.5 Å². The lowest BCUT2D eigenvalue weighted by molar-refractivity contribution is -0.127. The molecule has 5 nitrogen and oxygen atoms in total. The third kappa shape index (κ3) is 4.08. The van der Waals surface area contributed by atoms with Crippen LogP contribution in [-0.4, -0.2) is 48.6 Å². The van der Waals surface area contributed by atoms with Crippen molar-refractivity contribution in [2.75, 3.05) is 20.4 Å². The Morgan fingerprint density at radius 1 is 1.21 bits per heavy atom. The quantitative estimate of drug-likeness (QED) is 0.631. The van der Waals surface area contributed by atoms with Crippen LogP contribution >= 0.6 is 0 Å². The minimum absolute atomic E-state index is 0.0113. The number of piperidine rings is 1. The Morgan fingerprint density at radius 2 is 1.74 bits per heavy atom. The van der Waals surface area contributed by atoms with Gasteiger partial charge in [-0.3, -0.25) is 4.90 Å². The minimum Gasteiger partial charge on any atom is -0.451 e. The van der Waals surface area contributed by atoms with E-state index in [0.29, 0.717) is 13.3 Å². The van der Waals surface area contributed by atoms with Crippen LogP contribution in [0.5, 0.6) is 0 Å². The largest absolute Gasteiger partial charge is 0.451 e. The minimum atomic E-state index is -0.0701. The van der Waals surface area contributed by atoms with Crippen molar-refractivity contribution in [2.45, 2.75) is 64.6 Å². The summed E-state index contributed by atoms with van der Waals surface area (Å²) in [6.45, 7) is 11.7. The SMILES string of the molecule is CCOC(=N)OC1CC(C)(C)N(COC)C(C)(C)C1. The first kappa shape index (κ1) is 16.2. The number of rotatable bonds is 4. The Bertz CT molecular complexity index is 298. The van der Waals surface area contributed by atoms with E-state index in [2.05, 4.69) is 32.6 Å². The van der Waals surface area contributed by atoms with E-state index in [1.54, 1.807) is 7.11 Å². The summed E-state index contributed by atoms with van der Waals surface area (Å²) in [4.78, 5) is 2.35. The van der Waals surface area contributed by atoms with Crippen LogP contribution < -0.4 is 0 Å². The molecule has 1 aliphatic rings. The van der Waals surface area contributed by atoms with Gasteiger partial charge in [-0.25, -0.2) is 5.41 Å². The van der Waals surface area contributed by atoms with Crippen molar-refractivity contribution >= 4 is 6.08 Å². The molecule has 0 bridgehead atoms. The van der Waals surface area contributed by atoms with E-state index >= 15 is 0 Å². The molecule has 0 spiro atoms. The first-order chi connectivity index (χ1) is 8.73. The molecular formula is C14H28N2O3. The lowest BCUT2D eigenvalue weighted by Gasteiger charge is -2.54. The highest BCUT2D eigenvalue weighted by atomic mass is 16.7. The zero-order valence-corrected chi connectivity index (χ0v) is 13.1. The fourth-order valence-corrected chi connectivity index (χ4v) is 3.10. The molecule has 1 N–H and O–H groups in total. The molecule has 1 heterocycles. The smallest absolute Gasteiger partial charge is 0.380 e. The molecule has 1 aliphatic heterocycles. The lowest BCUT2D eigenvalue weighted by Crippen LogP contribution is -2.62. The van der Waals surface area contributed by atoms with Gasteiger partial charge in [-0.2, -0.15) is 0 Å². The van der Waals surface area contributed by atoms with Crippen LogP contribution in [0.3, 0.4) is 0 Å². The van der Waals surface area contributed by atoms with Crippen LogP contribution in [0, 0.1) is 5.41 Å². The van der Waals surface area contributed by atoms with Crippen molar-refractivity contribution in [1.82, 2.24) is 4.90 Å². The molecule has 5 heteroatoms. The molecule has 0 aromatic carbocycles. The van der Waals surface area contributed by atoms with Crippen LogP contribution in [0.15, 0.2) is 0 Å². The highest BCUT2D eigenvalue weighted by Gasteiger charge is 2.46. The topological polar surface area (TPSA) is 54.8 Å². The van der Waals surface area contributed by atoms with Gasteiger partial charge < -0.3 is 14.2 Å². The third-order valence-corrected chi connectivity index (χ3v) is 3.72. The maximum absolute atomic E-state index is 7.63. The van der Waals surface area contributed by atoms with E-state index in [1.807, 2.05) is 6.92 Å². The van der Waals surface area contributed by atoms with Crippen LogP contribution in [0.2, 0.25) is 0 Å². The molecule has 0 amide bonds. The van der Waals surface area contributed by atoms with Gasteiger partial charge in [0.25, 0.3) is 0 Å². The summed E-state index contributed by atoms with van der Waals surface area (Å²) in [5, 5.41) is 7.63. The summed E-state index contributed by atoms with van der Waals surface area (Å²) in [5.41, 5.74) is -0.0656. The summed E-state index contributed by atoms with van der Waals surface area (Å²) in [7, 11) is 1.72. The van der Waals surface area contributed by atoms with E-state index in [4.69, 9.17) is 19.6 Å². The normalized spacial score (nSPS) is 23.1. The summed E-state index contributed by atoms with van der Waals surface area (Å²) < 4.78 is 16.0. The molecule has 0 aliphatic carbocycles. The highest BCUT2D eigenvalue weighted by molar-refractivity contribution is 5.63. The molecule has 1 fully saturated rings. The van der Waals surface area contributed by atoms with Crippen molar-refractivity contribution in [2.24, 2.45) is 0 Å². The summed E-state index contributed by atoms with van der Waals surface area (Å²) in [6.07, 6.45) is 1.65. The highest BCUT2D eigenvalue weighted by Crippen LogP contribution is 2.39. The fraction of sp³-hybridized carbons (Fsp3) is 0.929. The second kappa shape index (κ2) is 6.09. The van der Waals surface area contributed by atoms with Gasteiger partial charge in [-0.05, 0) is 34.6 Å². The van der Waals surface area contributed by atoms with Gasteiger partial charge in [-0.15, -0.1) is 0 Å². The van der Waals surface area contributed by atoms with Crippen molar-refractivity contribution in [1.29, 1.82) is 5.41 Å². The second-order valence-corrected chi connectivity index (χ2v) is 6.34. The fourth-order valence-electron chi connectivity index (χ4n) is 3.10. The van der Waals surface area contributed by atoms with Gasteiger partial charge >= 0.3 is 6.08 Å². The Balaban J connectivity index is 2.75. The van der Waals surface area contributed by atoms with Crippen LogP contribution in [-0.2, 0) is 14.2 Å². The maximum Gasteiger partial charge on any atom is 0.380 e. The Hall–Kier alpha value is -0.810. The second-order valence-electron chi connectivity index (χ2n) is 6.34. The summed E-state index contributed by atoms with van der Waals surface area (Å²) in [6, 6.07) is 0. The zero-order chi connectivity index (χ0) is 14.7. The van der Waals surface area contributed by atoms with Gasteiger partial charge in [0.1, 0.15) is 6.10 Å². The molecule has 0 aromatic heterocycles. The van der Waals surface area contributed by atoms with Crippen LogP contribution in [0.25, 0.3) is 0 Å². The monoisotopic (exact) mass is 272 g/mol. The maximum atomic E-state index is 7.63. The van der Waals surface area contributed by atoms with E-state index in [-0.39, 0.29) is 23.3 Å². The van der Waals surface area contributed by atoms with E-state index in [1.165, 1.54) is 0 Å². The van der Waals surface area contributed by atoms with Crippen LogP contribution in [0.4, 0.5) is 0 Å². The van der Waals surface area contributed by atoms with E-state index < -0.39 is 0 Å². The molecule has 0 aromatic rings. The van der Waals surface area contributed by atoms with Gasteiger partial charge in [0.15, 0.2) is 0 Å². The molecule has 112 valence electrons. The molecular weight excluding hydrogens is 244 g/mol.